The summed E-state index contributed by atoms with van der Waals surface area (Å²) in [6, 6.07) is 6.80. The molecule has 3 atom stereocenters. The van der Waals surface area contributed by atoms with E-state index in [1.165, 1.54) is 16.7 Å². The van der Waals surface area contributed by atoms with Crippen LogP contribution < -0.4 is 5.32 Å². The monoisotopic (exact) mass is 263 g/mol. The van der Waals surface area contributed by atoms with Gasteiger partial charge in [0.2, 0.25) is 0 Å². The Kier molecular flexibility index (Phi) is 4.29. The summed E-state index contributed by atoms with van der Waals surface area (Å²) in [6.07, 6.45) is 0.618. The van der Waals surface area contributed by atoms with Crippen molar-refractivity contribution in [2.24, 2.45) is 0 Å². The van der Waals surface area contributed by atoms with Crippen LogP contribution in [0.15, 0.2) is 18.2 Å². The molecule has 1 aromatic rings. The highest BCUT2D eigenvalue weighted by Crippen LogP contribution is 2.26. The third-order valence-electron chi connectivity index (χ3n) is 4.12. The van der Waals surface area contributed by atoms with Crippen LogP contribution in [0, 0.1) is 13.8 Å². The van der Waals surface area contributed by atoms with Gasteiger partial charge in [0.15, 0.2) is 0 Å². The van der Waals surface area contributed by atoms with Crippen molar-refractivity contribution in [3.8, 4) is 0 Å². The summed E-state index contributed by atoms with van der Waals surface area (Å²) in [5, 5.41) is 13.9. The number of aliphatic hydroxyl groups is 1. The van der Waals surface area contributed by atoms with Gasteiger partial charge in [0.05, 0.1) is 6.10 Å². The standard InChI is InChI=1S/C16H25NO2/c1-11-7-12(2)9-15(8-11)13(3)17-10-16(18)5-6-19-14(16)4/h7-9,13-14,17-18H,5-6,10H2,1-4H3. The summed E-state index contributed by atoms with van der Waals surface area (Å²) in [6.45, 7) is 9.53. The minimum Gasteiger partial charge on any atom is -0.386 e. The Morgan fingerprint density at radius 3 is 2.53 bits per heavy atom. The first-order valence-corrected chi connectivity index (χ1v) is 7.06. The molecule has 1 aromatic carbocycles. The van der Waals surface area contributed by atoms with E-state index in [2.05, 4.69) is 44.3 Å². The zero-order chi connectivity index (χ0) is 14.0. The van der Waals surface area contributed by atoms with Crippen LogP contribution in [0.5, 0.6) is 0 Å². The molecule has 0 bridgehead atoms. The van der Waals surface area contributed by atoms with E-state index in [-0.39, 0.29) is 12.1 Å². The van der Waals surface area contributed by atoms with Crippen LogP contribution in [-0.2, 0) is 4.74 Å². The molecule has 0 amide bonds. The molecular weight excluding hydrogens is 238 g/mol. The van der Waals surface area contributed by atoms with Gasteiger partial charge in [-0.1, -0.05) is 29.3 Å². The van der Waals surface area contributed by atoms with Crippen molar-refractivity contribution in [2.45, 2.75) is 51.9 Å². The number of hydrogen-bond donors (Lipinski definition) is 2. The lowest BCUT2D eigenvalue weighted by molar-refractivity contribution is -0.0274. The van der Waals surface area contributed by atoms with Crippen LogP contribution in [0.4, 0.5) is 0 Å². The van der Waals surface area contributed by atoms with E-state index in [1.807, 2.05) is 6.92 Å². The zero-order valence-electron chi connectivity index (χ0n) is 12.4. The molecule has 0 radical (unpaired) electrons. The summed E-state index contributed by atoms with van der Waals surface area (Å²) >= 11 is 0. The predicted octanol–water partition coefficient (Wildman–Crippen LogP) is 2.49. The summed E-state index contributed by atoms with van der Waals surface area (Å²) in [7, 11) is 0. The molecule has 2 N–H and O–H groups in total. The van der Waals surface area contributed by atoms with E-state index in [4.69, 9.17) is 4.74 Å². The van der Waals surface area contributed by atoms with Crippen molar-refractivity contribution in [1.82, 2.24) is 5.32 Å². The van der Waals surface area contributed by atoms with Crippen molar-refractivity contribution in [3.05, 3.63) is 34.9 Å². The highest BCUT2D eigenvalue weighted by Gasteiger charge is 2.39. The second-order valence-corrected chi connectivity index (χ2v) is 5.89. The van der Waals surface area contributed by atoms with E-state index < -0.39 is 5.60 Å². The molecule has 0 aromatic heterocycles. The van der Waals surface area contributed by atoms with Gasteiger partial charge in [-0.2, -0.15) is 0 Å². The number of benzene rings is 1. The van der Waals surface area contributed by atoms with Gasteiger partial charge in [-0.25, -0.2) is 0 Å². The Balaban J connectivity index is 1.99. The number of hydrogen-bond acceptors (Lipinski definition) is 3. The van der Waals surface area contributed by atoms with Gasteiger partial charge < -0.3 is 15.2 Å². The maximum atomic E-state index is 10.5. The maximum Gasteiger partial charge on any atom is 0.105 e. The number of rotatable bonds is 4. The number of nitrogens with one attached hydrogen (secondary N) is 1. The second-order valence-electron chi connectivity index (χ2n) is 5.89. The Hall–Kier alpha value is -0.900. The molecule has 0 spiro atoms. The molecule has 3 nitrogen and oxygen atoms in total. The largest absolute Gasteiger partial charge is 0.386 e. The van der Waals surface area contributed by atoms with Crippen molar-refractivity contribution in [3.63, 3.8) is 0 Å². The van der Waals surface area contributed by atoms with E-state index in [1.54, 1.807) is 0 Å². The molecule has 106 valence electrons. The first-order valence-electron chi connectivity index (χ1n) is 7.06. The summed E-state index contributed by atoms with van der Waals surface area (Å²) in [4.78, 5) is 0. The summed E-state index contributed by atoms with van der Waals surface area (Å²) < 4.78 is 5.45. The van der Waals surface area contributed by atoms with Gasteiger partial charge >= 0.3 is 0 Å². The van der Waals surface area contributed by atoms with Gasteiger partial charge in [-0.05, 0) is 33.3 Å². The molecule has 3 heteroatoms. The Morgan fingerprint density at radius 2 is 2.00 bits per heavy atom. The van der Waals surface area contributed by atoms with Crippen molar-refractivity contribution in [1.29, 1.82) is 0 Å². The maximum absolute atomic E-state index is 10.5. The lowest BCUT2D eigenvalue weighted by Crippen LogP contribution is -2.46. The average molecular weight is 263 g/mol. The quantitative estimate of drug-likeness (QED) is 0.877. The fourth-order valence-corrected chi connectivity index (χ4v) is 2.71. The highest BCUT2D eigenvalue weighted by molar-refractivity contribution is 5.30. The minimum atomic E-state index is -0.729. The predicted molar refractivity (Wildman–Crippen MR) is 77.3 cm³/mol. The first kappa shape index (κ1) is 14.5. The lowest BCUT2D eigenvalue weighted by atomic mass is 9.95. The van der Waals surface area contributed by atoms with Crippen LogP contribution in [0.1, 0.15) is 43.0 Å². The van der Waals surface area contributed by atoms with Crippen molar-refractivity contribution in [2.75, 3.05) is 13.2 Å². The summed E-state index contributed by atoms with van der Waals surface area (Å²) in [5.74, 6) is 0. The SMILES string of the molecule is Cc1cc(C)cc(C(C)NCC2(O)CCOC2C)c1. The molecule has 1 heterocycles. The number of aryl methyl sites for hydroxylation is 2. The molecule has 1 saturated heterocycles. The van der Waals surface area contributed by atoms with Crippen LogP contribution >= 0.6 is 0 Å². The Bertz CT molecular complexity index is 426. The second kappa shape index (κ2) is 5.61. The van der Waals surface area contributed by atoms with Crippen LogP contribution in [0.3, 0.4) is 0 Å². The van der Waals surface area contributed by atoms with Gasteiger partial charge in [-0.3, -0.25) is 0 Å². The fraction of sp³-hybridized carbons (Fsp3) is 0.625. The van der Waals surface area contributed by atoms with Gasteiger partial charge in [0, 0.05) is 25.6 Å². The third-order valence-corrected chi connectivity index (χ3v) is 4.12. The minimum absolute atomic E-state index is 0.0913. The topological polar surface area (TPSA) is 41.5 Å². The van der Waals surface area contributed by atoms with E-state index >= 15 is 0 Å². The van der Waals surface area contributed by atoms with Crippen LogP contribution in [0.25, 0.3) is 0 Å². The lowest BCUT2D eigenvalue weighted by Gasteiger charge is -2.28. The Labute approximate surface area is 116 Å². The Morgan fingerprint density at radius 1 is 1.37 bits per heavy atom. The summed E-state index contributed by atoms with van der Waals surface area (Å²) in [5.41, 5.74) is 3.10. The average Bonchev–Trinajstić information content (AvgIpc) is 2.66. The molecule has 1 fully saturated rings. The van der Waals surface area contributed by atoms with Gasteiger partial charge in [0.25, 0.3) is 0 Å². The molecule has 2 rings (SSSR count). The molecule has 1 aliphatic heterocycles. The van der Waals surface area contributed by atoms with Gasteiger partial charge in [0.1, 0.15) is 5.60 Å². The third kappa shape index (κ3) is 3.35. The van der Waals surface area contributed by atoms with Gasteiger partial charge in [-0.15, -0.1) is 0 Å². The van der Waals surface area contributed by atoms with Crippen molar-refractivity contribution >= 4 is 0 Å². The molecule has 1 aliphatic rings. The van der Waals surface area contributed by atoms with E-state index in [9.17, 15) is 5.11 Å². The molecule has 0 saturated carbocycles. The molecule has 3 unspecified atom stereocenters. The molecule has 19 heavy (non-hydrogen) atoms. The molecule has 0 aliphatic carbocycles. The smallest absolute Gasteiger partial charge is 0.105 e. The number of ether oxygens (including phenoxy) is 1. The highest BCUT2D eigenvalue weighted by atomic mass is 16.5. The van der Waals surface area contributed by atoms with Crippen molar-refractivity contribution < 1.29 is 9.84 Å². The fourth-order valence-electron chi connectivity index (χ4n) is 2.71. The first-order chi connectivity index (χ1) is 8.90. The van der Waals surface area contributed by atoms with Crippen LogP contribution in [0.2, 0.25) is 0 Å². The van der Waals surface area contributed by atoms with Crippen LogP contribution in [-0.4, -0.2) is 30.0 Å². The molecular formula is C16H25NO2. The van der Waals surface area contributed by atoms with E-state index in [0.29, 0.717) is 19.6 Å². The normalized spacial score (nSPS) is 28.6. The zero-order valence-corrected chi connectivity index (χ0v) is 12.4. The van der Waals surface area contributed by atoms with E-state index in [0.717, 1.165) is 0 Å².